The summed E-state index contributed by atoms with van der Waals surface area (Å²) in [4.78, 5) is 23.0. The lowest BCUT2D eigenvalue weighted by atomic mass is 10.1. The van der Waals surface area contributed by atoms with Gasteiger partial charge in [0, 0.05) is 44.8 Å². The largest absolute Gasteiger partial charge is 0.353 e. The number of amides is 1. The molecule has 0 aliphatic rings. The van der Waals surface area contributed by atoms with Gasteiger partial charge in [-0.15, -0.1) is 0 Å². The predicted molar refractivity (Wildman–Crippen MR) is 82.9 cm³/mol. The third kappa shape index (κ3) is 3.70. The minimum absolute atomic E-state index is 0.00999. The highest BCUT2D eigenvalue weighted by Gasteiger charge is 2.14. The molecule has 1 amide bonds. The topological polar surface area (TPSA) is 52.2 Å². The summed E-state index contributed by atoms with van der Waals surface area (Å²) in [6, 6.07) is 8.07. The Morgan fingerprint density at radius 2 is 2.05 bits per heavy atom. The molecular formula is C16H22N4O. The van der Waals surface area contributed by atoms with E-state index < -0.39 is 0 Å². The molecule has 2 rings (SSSR count). The van der Waals surface area contributed by atoms with Gasteiger partial charge < -0.3 is 9.88 Å². The van der Waals surface area contributed by atoms with Crippen LogP contribution >= 0.6 is 0 Å². The number of hydrogen-bond acceptors (Lipinski definition) is 3. The first-order valence-electron chi connectivity index (χ1n) is 6.98. The van der Waals surface area contributed by atoms with E-state index in [1.165, 1.54) is 5.56 Å². The number of aromatic amines is 1. The summed E-state index contributed by atoms with van der Waals surface area (Å²) in [5.74, 6) is -0.00999. The number of pyridine rings is 1. The van der Waals surface area contributed by atoms with E-state index in [9.17, 15) is 4.79 Å². The summed E-state index contributed by atoms with van der Waals surface area (Å²) >= 11 is 0. The van der Waals surface area contributed by atoms with E-state index in [-0.39, 0.29) is 11.9 Å². The molecule has 2 aromatic rings. The van der Waals surface area contributed by atoms with Crippen molar-refractivity contribution in [1.82, 2.24) is 19.8 Å². The van der Waals surface area contributed by atoms with E-state index in [0.717, 1.165) is 12.2 Å². The second-order valence-corrected chi connectivity index (χ2v) is 5.47. The number of aromatic nitrogens is 2. The van der Waals surface area contributed by atoms with Crippen LogP contribution in [0.5, 0.6) is 0 Å². The molecule has 1 atom stereocenters. The molecule has 112 valence electrons. The lowest BCUT2D eigenvalue weighted by Gasteiger charge is -2.24. The average molecular weight is 286 g/mol. The number of carbonyl (C=O) groups excluding carboxylic acids is 1. The molecule has 0 saturated carbocycles. The van der Waals surface area contributed by atoms with Gasteiger partial charge >= 0.3 is 0 Å². The fourth-order valence-corrected chi connectivity index (χ4v) is 2.18. The zero-order valence-corrected chi connectivity index (χ0v) is 13.0. The SMILES string of the molecule is C[C@H](c1cccnc1)N(C)Cc1ccc(C(=O)N(C)C)[nH]1. The Morgan fingerprint density at radius 1 is 1.29 bits per heavy atom. The molecule has 21 heavy (non-hydrogen) atoms. The van der Waals surface area contributed by atoms with Crippen LogP contribution in [0.25, 0.3) is 0 Å². The number of nitrogens with zero attached hydrogens (tertiary/aromatic N) is 3. The Labute approximate surface area is 125 Å². The van der Waals surface area contributed by atoms with Gasteiger partial charge in [0.15, 0.2) is 0 Å². The fourth-order valence-electron chi connectivity index (χ4n) is 2.18. The van der Waals surface area contributed by atoms with E-state index in [1.54, 1.807) is 25.2 Å². The lowest BCUT2D eigenvalue weighted by Crippen LogP contribution is -2.23. The molecule has 0 spiro atoms. The number of hydrogen-bond donors (Lipinski definition) is 1. The third-order valence-corrected chi connectivity index (χ3v) is 3.63. The molecule has 0 aliphatic carbocycles. The molecule has 0 unspecified atom stereocenters. The van der Waals surface area contributed by atoms with Gasteiger partial charge in [0.2, 0.25) is 0 Å². The Bertz CT molecular complexity index is 591. The Kier molecular flexibility index (Phi) is 4.75. The monoisotopic (exact) mass is 286 g/mol. The summed E-state index contributed by atoms with van der Waals surface area (Å²) in [6.07, 6.45) is 3.66. The van der Waals surface area contributed by atoms with Crippen molar-refractivity contribution < 1.29 is 4.79 Å². The molecule has 0 aromatic carbocycles. The van der Waals surface area contributed by atoms with Crippen LogP contribution in [0.3, 0.4) is 0 Å². The van der Waals surface area contributed by atoms with E-state index >= 15 is 0 Å². The number of rotatable bonds is 5. The van der Waals surface area contributed by atoms with Crippen LogP contribution in [0.15, 0.2) is 36.7 Å². The predicted octanol–water partition coefficient (Wildman–Crippen LogP) is 2.30. The summed E-state index contributed by atoms with van der Waals surface area (Å²) < 4.78 is 0. The summed E-state index contributed by atoms with van der Waals surface area (Å²) in [5.41, 5.74) is 2.83. The fraction of sp³-hybridized carbons (Fsp3) is 0.375. The zero-order valence-electron chi connectivity index (χ0n) is 13.0. The maximum absolute atomic E-state index is 11.9. The molecule has 5 nitrogen and oxygen atoms in total. The molecule has 0 fully saturated rings. The lowest BCUT2D eigenvalue weighted by molar-refractivity contribution is 0.0822. The minimum atomic E-state index is -0.00999. The van der Waals surface area contributed by atoms with E-state index in [2.05, 4.69) is 34.9 Å². The first-order valence-corrected chi connectivity index (χ1v) is 6.98. The van der Waals surface area contributed by atoms with Gasteiger partial charge in [-0.05, 0) is 37.7 Å². The van der Waals surface area contributed by atoms with Crippen LogP contribution in [0.1, 0.15) is 34.7 Å². The normalized spacial score (nSPS) is 12.4. The summed E-state index contributed by atoms with van der Waals surface area (Å²) in [6.45, 7) is 2.89. The van der Waals surface area contributed by atoms with Crippen molar-refractivity contribution >= 4 is 5.91 Å². The van der Waals surface area contributed by atoms with Crippen molar-refractivity contribution in [3.8, 4) is 0 Å². The molecule has 0 radical (unpaired) electrons. The van der Waals surface area contributed by atoms with Crippen LogP contribution in [0.4, 0.5) is 0 Å². The molecule has 2 heterocycles. The standard InChI is InChI=1S/C16H22N4O/c1-12(13-6-5-9-17-10-13)20(4)11-14-7-8-15(18-14)16(21)19(2)3/h5-10,12,18H,11H2,1-4H3/t12-/m1/s1. The second-order valence-electron chi connectivity index (χ2n) is 5.47. The molecule has 1 N–H and O–H groups in total. The van der Waals surface area contributed by atoms with Crippen LogP contribution in [-0.2, 0) is 6.54 Å². The first-order chi connectivity index (χ1) is 9.99. The van der Waals surface area contributed by atoms with Gasteiger partial charge in [0.25, 0.3) is 5.91 Å². The van der Waals surface area contributed by atoms with Crippen molar-refractivity contribution in [2.45, 2.75) is 19.5 Å². The van der Waals surface area contributed by atoms with E-state index in [1.807, 2.05) is 24.4 Å². The van der Waals surface area contributed by atoms with Crippen molar-refractivity contribution in [3.05, 3.63) is 53.6 Å². The summed E-state index contributed by atoms with van der Waals surface area (Å²) in [5, 5.41) is 0. The van der Waals surface area contributed by atoms with Crippen LogP contribution in [-0.4, -0.2) is 46.8 Å². The van der Waals surface area contributed by atoms with Crippen LogP contribution in [0.2, 0.25) is 0 Å². The quantitative estimate of drug-likeness (QED) is 0.917. The van der Waals surface area contributed by atoms with Crippen molar-refractivity contribution in [3.63, 3.8) is 0 Å². The molecule has 0 saturated heterocycles. The molecule has 5 heteroatoms. The smallest absolute Gasteiger partial charge is 0.269 e. The Balaban J connectivity index is 2.03. The van der Waals surface area contributed by atoms with Crippen molar-refractivity contribution in [2.75, 3.05) is 21.1 Å². The molecule has 2 aromatic heterocycles. The third-order valence-electron chi connectivity index (χ3n) is 3.63. The highest BCUT2D eigenvalue weighted by atomic mass is 16.2. The van der Waals surface area contributed by atoms with Crippen LogP contribution in [0, 0.1) is 0 Å². The van der Waals surface area contributed by atoms with Gasteiger partial charge in [0.1, 0.15) is 5.69 Å². The van der Waals surface area contributed by atoms with E-state index in [4.69, 9.17) is 0 Å². The second kappa shape index (κ2) is 6.54. The number of carbonyl (C=O) groups is 1. The average Bonchev–Trinajstić information content (AvgIpc) is 2.94. The molecule has 0 bridgehead atoms. The van der Waals surface area contributed by atoms with Gasteiger partial charge in [0.05, 0.1) is 0 Å². The minimum Gasteiger partial charge on any atom is -0.353 e. The zero-order chi connectivity index (χ0) is 15.4. The molecule has 0 aliphatic heterocycles. The van der Waals surface area contributed by atoms with Crippen LogP contribution < -0.4 is 0 Å². The van der Waals surface area contributed by atoms with Crippen molar-refractivity contribution in [2.24, 2.45) is 0 Å². The first kappa shape index (κ1) is 15.3. The highest BCUT2D eigenvalue weighted by Crippen LogP contribution is 2.19. The molecular weight excluding hydrogens is 264 g/mol. The van der Waals surface area contributed by atoms with Gasteiger partial charge in [-0.25, -0.2) is 0 Å². The highest BCUT2D eigenvalue weighted by molar-refractivity contribution is 5.92. The number of H-pyrrole nitrogens is 1. The van der Waals surface area contributed by atoms with E-state index in [0.29, 0.717) is 5.69 Å². The van der Waals surface area contributed by atoms with Gasteiger partial charge in [-0.2, -0.15) is 0 Å². The maximum atomic E-state index is 11.9. The maximum Gasteiger partial charge on any atom is 0.269 e. The number of nitrogens with one attached hydrogen (secondary N) is 1. The summed E-state index contributed by atoms with van der Waals surface area (Å²) in [7, 11) is 5.56. The van der Waals surface area contributed by atoms with Gasteiger partial charge in [-0.1, -0.05) is 6.07 Å². The Morgan fingerprint density at radius 3 is 2.67 bits per heavy atom. The van der Waals surface area contributed by atoms with Crippen molar-refractivity contribution in [1.29, 1.82) is 0 Å². The van der Waals surface area contributed by atoms with Gasteiger partial charge in [-0.3, -0.25) is 14.7 Å². The Hall–Kier alpha value is -2.14.